The normalized spacial score (nSPS) is 20.6. The third kappa shape index (κ3) is 3.04. The molecule has 0 aliphatic carbocycles. The van der Waals surface area contributed by atoms with E-state index in [0.29, 0.717) is 13.1 Å². The third-order valence-electron chi connectivity index (χ3n) is 2.89. The Morgan fingerprint density at radius 3 is 3.06 bits per heavy atom. The summed E-state index contributed by atoms with van der Waals surface area (Å²) in [5, 5.41) is 11.9. The standard InChI is InChI=1S/C12H15N3O3/c16-11-6-13-5-9(12(17)18)7-15(11)8-10-3-1-2-4-14-10/h1-4,9,13H,5-8H2,(H,17,18). The van der Waals surface area contributed by atoms with Gasteiger partial charge < -0.3 is 15.3 Å². The molecule has 1 amide bonds. The Kier molecular flexibility index (Phi) is 3.88. The van der Waals surface area contributed by atoms with Gasteiger partial charge in [-0.3, -0.25) is 14.6 Å². The fraction of sp³-hybridized carbons (Fsp3) is 0.417. The summed E-state index contributed by atoms with van der Waals surface area (Å²) in [6, 6.07) is 5.47. The van der Waals surface area contributed by atoms with E-state index in [1.54, 1.807) is 17.2 Å². The first-order valence-electron chi connectivity index (χ1n) is 5.78. The first kappa shape index (κ1) is 12.5. The average molecular weight is 249 g/mol. The van der Waals surface area contributed by atoms with Gasteiger partial charge in [-0.2, -0.15) is 0 Å². The largest absolute Gasteiger partial charge is 0.481 e. The second-order valence-electron chi connectivity index (χ2n) is 4.26. The average Bonchev–Trinajstić information content (AvgIpc) is 2.54. The predicted molar refractivity (Wildman–Crippen MR) is 63.6 cm³/mol. The summed E-state index contributed by atoms with van der Waals surface area (Å²) >= 11 is 0. The number of amides is 1. The number of aliphatic carboxylic acids is 1. The van der Waals surface area contributed by atoms with Gasteiger partial charge in [0, 0.05) is 19.3 Å². The van der Waals surface area contributed by atoms with Crippen LogP contribution in [0.4, 0.5) is 0 Å². The molecule has 1 aliphatic heterocycles. The molecular weight excluding hydrogens is 234 g/mol. The number of nitrogens with zero attached hydrogens (tertiary/aromatic N) is 2. The molecule has 1 aromatic heterocycles. The molecule has 1 aliphatic rings. The van der Waals surface area contributed by atoms with E-state index in [1.807, 2.05) is 12.1 Å². The van der Waals surface area contributed by atoms with Crippen LogP contribution in [0.25, 0.3) is 0 Å². The van der Waals surface area contributed by atoms with E-state index < -0.39 is 11.9 Å². The fourth-order valence-electron chi connectivity index (χ4n) is 1.90. The van der Waals surface area contributed by atoms with Crippen LogP contribution in [0.1, 0.15) is 5.69 Å². The lowest BCUT2D eigenvalue weighted by atomic mass is 10.1. The van der Waals surface area contributed by atoms with Crippen molar-refractivity contribution >= 4 is 11.9 Å². The van der Waals surface area contributed by atoms with Crippen LogP contribution in [0.3, 0.4) is 0 Å². The maximum Gasteiger partial charge on any atom is 0.309 e. The van der Waals surface area contributed by atoms with E-state index in [4.69, 9.17) is 5.11 Å². The summed E-state index contributed by atoms with van der Waals surface area (Å²) < 4.78 is 0. The molecule has 18 heavy (non-hydrogen) atoms. The van der Waals surface area contributed by atoms with Crippen LogP contribution >= 0.6 is 0 Å². The van der Waals surface area contributed by atoms with Crippen LogP contribution in [0, 0.1) is 5.92 Å². The second-order valence-corrected chi connectivity index (χ2v) is 4.26. The predicted octanol–water partition coefficient (Wildman–Crippen LogP) is -0.286. The van der Waals surface area contributed by atoms with Crippen LogP contribution in [0.2, 0.25) is 0 Å². The molecule has 2 heterocycles. The second kappa shape index (κ2) is 5.59. The summed E-state index contributed by atoms with van der Waals surface area (Å²) in [7, 11) is 0. The molecule has 0 bridgehead atoms. The first-order chi connectivity index (χ1) is 8.66. The minimum atomic E-state index is -0.886. The van der Waals surface area contributed by atoms with Crippen LogP contribution in [-0.4, -0.2) is 46.5 Å². The lowest BCUT2D eigenvalue weighted by molar-refractivity contribution is -0.142. The van der Waals surface area contributed by atoms with Crippen LogP contribution in [0.15, 0.2) is 24.4 Å². The number of pyridine rings is 1. The minimum Gasteiger partial charge on any atom is -0.481 e. The number of carboxylic acid groups (broad SMARTS) is 1. The summed E-state index contributed by atoms with van der Waals surface area (Å²) in [6.45, 7) is 1.07. The zero-order chi connectivity index (χ0) is 13.0. The SMILES string of the molecule is O=C(O)C1CNCC(=O)N(Cc2ccccn2)C1. The summed E-state index contributed by atoms with van der Waals surface area (Å²) in [5.74, 6) is -1.55. The minimum absolute atomic E-state index is 0.0931. The van der Waals surface area contributed by atoms with Crippen LogP contribution < -0.4 is 5.32 Å². The van der Waals surface area contributed by atoms with Gasteiger partial charge in [-0.05, 0) is 12.1 Å². The zero-order valence-corrected chi connectivity index (χ0v) is 9.87. The van der Waals surface area contributed by atoms with Crippen molar-refractivity contribution in [2.24, 2.45) is 5.92 Å². The highest BCUT2D eigenvalue weighted by Crippen LogP contribution is 2.09. The molecule has 0 spiro atoms. The van der Waals surface area contributed by atoms with Crippen molar-refractivity contribution in [2.75, 3.05) is 19.6 Å². The number of nitrogens with one attached hydrogen (secondary N) is 1. The molecule has 2 rings (SSSR count). The van der Waals surface area contributed by atoms with Crippen molar-refractivity contribution in [3.05, 3.63) is 30.1 Å². The van der Waals surface area contributed by atoms with Crippen molar-refractivity contribution in [1.82, 2.24) is 15.2 Å². The molecule has 0 aromatic carbocycles. The topological polar surface area (TPSA) is 82.5 Å². The van der Waals surface area contributed by atoms with E-state index in [9.17, 15) is 9.59 Å². The van der Waals surface area contributed by atoms with Crippen molar-refractivity contribution < 1.29 is 14.7 Å². The lowest BCUT2D eigenvalue weighted by Gasteiger charge is -2.21. The zero-order valence-electron chi connectivity index (χ0n) is 9.87. The molecule has 1 saturated heterocycles. The van der Waals surface area contributed by atoms with E-state index in [1.165, 1.54) is 0 Å². The van der Waals surface area contributed by atoms with E-state index >= 15 is 0 Å². The monoisotopic (exact) mass is 249 g/mol. The highest BCUT2D eigenvalue weighted by atomic mass is 16.4. The molecule has 1 fully saturated rings. The first-order valence-corrected chi connectivity index (χ1v) is 5.78. The molecule has 2 N–H and O–H groups in total. The summed E-state index contributed by atoms with van der Waals surface area (Å²) in [6.07, 6.45) is 1.66. The Labute approximate surface area is 105 Å². The number of hydrogen-bond acceptors (Lipinski definition) is 4. The Morgan fingerprint density at radius 2 is 2.39 bits per heavy atom. The maximum atomic E-state index is 11.8. The van der Waals surface area contributed by atoms with Crippen LogP contribution in [-0.2, 0) is 16.1 Å². The maximum absolute atomic E-state index is 11.8. The van der Waals surface area contributed by atoms with E-state index in [-0.39, 0.29) is 19.0 Å². The number of hydrogen-bond donors (Lipinski definition) is 2. The van der Waals surface area contributed by atoms with E-state index in [0.717, 1.165) is 5.69 Å². The quantitative estimate of drug-likeness (QED) is 0.769. The Bertz CT molecular complexity index is 435. The number of carboxylic acids is 1. The van der Waals surface area contributed by atoms with Crippen LogP contribution in [0.5, 0.6) is 0 Å². The molecule has 96 valence electrons. The smallest absolute Gasteiger partial charge is 0.309 e. The number of rotatable bonds is 3. The Hall–Kier alpha value is -1.95. The number of carbonyl (C=O) groups excluding carboxylic acids is 1. The highest BCUT2D eigenvalue weighted by Gasteiger charge is 2.27. The molecule has 1 atom stereocenters. The van der Waals surface area contributed by atoms with Gasteiger partial charge in [0.05, 0.1) is 24.7 Å². The summed E-state index contributed by atoms with van der Waals surface area (Å²) in [4.78, 5) is 28.5. The molecule has 6 nitrogen and oxygen atoms in total. The number of carbonyl (C=O) groups is 2. The third-order valence-corrected chi connectivity index (χ3v) is 2.89. The molecule has 1 unspecified atom stereocenters. The molecule has 6 heteroatoms. The molecule has 0 radical (unpaired) electrons. The van der Waals surface area contributed by atoms with Gasteiger partial charge in [0.25, 0.3) is 0 Å². The molecule has 1 aromatic rings. The van der Waals surface area contributed by atoms with Gasteiger partial charge >= 0.3 is 5.97 Å². The summed E-state index contributed by atoms with van der Waals surface area (Å²) in [5.41, 5.74) is 0.761. The van der Waals surface area contributed by atoms with Gasteiger partial charge in [-0.15, -0.1) is 0 Å². The van der Waals surface area contributed by atoms with Gasteiger partial charge in [-0.1, -0.05) is 6.07 Å². The number of aromatic nitrogens is 1. The van der Waals surface area contributed by atoms with Crippen molar-refractivity contribution in [1.29, 1.82) is 0 Å². The van der Waals surface area contributed by atoms with Crippen molar-refractivity contribution in [2.45, 2.75) is 6.54 Å². The Balaban J connectivity index is 2.08. The van der Waals surface area contributed by atoms with E-state index in [2.05, 4.69) is 10.3 Å². The van der Waals surface area contributed by atoms with Crippen molar-refractivity contribution in [3.63, 3.8) is 0 Å². The lowest BCUT2D eigenvalue weighted by Crippen LogP contribution is -2.36. The molecular formula is C12H15N3O3. The molecule has 0 saturated carbocycles. The van der Waals surface area contributed by atoms with Gasteiger partial charge in [0.1, 0.15) is 0 Å². The highest BCUT2D eigenvalue weighted by molar-refractivity contribution is 5.80. The Morgan fingerprint density at radius 1 is 1.56 bits per heavy atom. The van der Waals surface area contributed by atoms with Crippen molar-refractivity contribution in [3.8, 4) is 0 Å². The van der Waals surface area contributed by atoms with Gasteiger partial charge in [0.15, 0.2) is 0 Å². The fourth-order valence-corrected chi connectivity index (χ4v) is 1.90. The van der Waals surface area contributed by atoms with Gasteiger partial charge in [0.2, 0.25) is 5.91 Å². The van der Waals surface area contributed by atoms with Gasteiger partial charge in [-0.25, -0.2) is 0 Å².